The van der Waals surface area contributed by atoms with E-state index in [0.717, 1.165) is 24.1 Å². The molecule has 0 radical (unpaired) electrons. The molecule has 1 amide bonds. The maximum atomic E-state index is 12.9. The number of nitrogens with zero attached hydrogens (tertiary/aromatic N) is 3. The van der Waals surface area contributed by atoms with Crippen LogP contribution in [-0.4, -0.2) is 36.8 Å². The first-order chi connectivity index (χ1) is 15.2. The average molecular weight is 419 g/mol. The number of ether oxygens (including phenoxy) is 2. The lowest BCUT2D eigenvalue weighted by Gasteiger charge is -2.25. The van der Waals surface area contributed by atoms with Crippen LogP contribution in [-0.2, 0) is 17.6 Å². The largest absolute Gasteiger partial charge is 0.493 e. The van der Waals surface area contributed by atoms with Gasteiger partial charge in [-0.2, -0.15) is 4.98 Å². The Morgan fingerprint density at radius 2 is 1.90 bits per heavy atom. The van der Waals surface area contributed by atoms with Crippen LogP contribution >= 0.6 is 0 Å². The number of carbonyl (C=O) groups excluding carboxylic acids is 1. The molecule has 7 nitrogen and oxygen atoms in total. The second-order valence-corrected chi connectivity index (χ2v) is 8.05. The predicted octanol–water partition coefficient (Wildman–Crippen LogP) is 4.15. The first-order valence-electron chi connectivity index (χ1n) is 10.6. The van der Waals surface area contributed by atoms with Gasteiger partial charge in [0.25, 0.3) is 5.89 Å². The smallest absolute Gasteiger partial charge is 0.258 e. The van der Waals surface area contributed by atoms with Crippen molar-refractivity contribution in [2.75, 3.05) is 25.7 Å². The van der Waals surface area contributed by atoms with Crippen molar-refractivity contribution < 1.29 is 18.8 Å². The molecule has 0 saturated carbocycles. The third-order valence-electron chi connectivity index (χ3n) is 6.22. The number of benzene rings is 2. The van der Waals surface area contributed by atoms with Crippen LogP contribution in [0.15, 0.2) is 40.9 Å². The van der Waals surface area contributed by atoms with Gasteiger partial charge in [0, 0.05) is 30.1 Å². The summed E-state index contributed by atoms with van der Waals surface area (Å²) in [6.45, 7) is 0.570. The Hall–Kier alpha value is -3.35. The summed E-state index contributed by atoms with van der Waals surface area (Å²) < 4.78 is 16.2. The fraction of sp³-hybridized carbons (Fsp3) is 0.375. The van der Waals surface area contributed by atoms with Crippen LogP contribution in [0.2, 0.25) is 0 Å². The summed E-state index contributed by atoms with van der Waals surface area (Å²) in [4.78, 5) is 19.4. The summed E-state index contributed by atoms with van der Waals surface area (Å²) in [5.41, 5.74) is 4.49. The molecular formula is C24H25N3O4. The van der Waals surface area contributed by atoms with E-state index in [4.69, 9.17) is 14.0 Å². The fourth-order valence-corrected chi connectivity index (χ4v) is 4.61. The molecule has 2 heterocycles. The quantitative estimate of drug-likeness (QED) is 0.618. The number of rotatable bonds is 5. The van der Waals surface area contributed by atoms with E-state index in [1.807, 2.05) is 11.0 Å². The minimum Gasteiger partial charge on any atom is -0.493 e. The molecule has 3 aromatic rings. The molecule has 1 fully saturated rings. The molecule has 31 heavy (non-hydrogen) atoms. The Morgan fingerprint density at radius 1 is 1.06 bits per heavy atom. The zero-order valence-corrected chi connectivity index (χ0v) is 17.8. The summed E-state index contributed by atoms with van der Waals surface area (Å²) >= 11 is 0. The molecule has 5 rings (SSSR count). The third kappa shape index (κ3) is 3.54. The SMILES string of the molecule is COc1ccc(-c2nc(C3CC(=O)N(c4cccc5c4CCCC5)C3)no2)cc1OC. The van der Waals surface area contributed by atoms with Gasteiger partial charge in [-0.15, -0.1) is 0 Å². The van der Waals surface area contributed by atoms with E-state index in [0.29, 0.717) is 36.2 Å². The van der Waals surface area contributed by atoms with Crippen LogP contribution in [0, 0.1) is 0 Å². The van der Waals surface area contributed by atoms with Crippen LogP contribution < -0.4 is 14.4 Å². The molecule has 1 aromatic heterocycles. The highest BCUT2D eigenvalue weighted by Crippen LogP contribution is 2.37. The number of hydrogen-bond acceptors (Lipinski definition) is 6. The minimum atomic E-state index is -0.0930. The predicted molar refractivity (Wildman–Crippen MR) is 116 cm³/mol. The molecule has 2 aromatic carbocycles. The molecule has 2 aliphatic rings. The highest BCUT2D eigenvalue weighted by atomic mass is 16.5. The summed E-state index contributed by atoms with van der Waals surface area (Å²) in [5, 5.41) is 4.19. The van der Waals surface area contributed by atoms with E-state index in [-0.39, 0.29) is 11.8 Å². The minimum absolute atomic E-state index is 0.0930. The zero-order chi connectivity index (χ0) is 21.4. The second kappa shape index (κ2) is 8.06. The third-order valence-corrected chi connectivity index (χ3v) is 6.22. The highest BCUT2D eigenvalue weighted by Gasteiger charge is 2.36. The van der Waals surface area contributed by atoms with Gasteiger partial charge in [0.05, 0.1) is 14.2 Å². The van der Waals surface area contributed by atoms with E-state index in [2.05, 4.69) is 28.3 Å². The van der Waals surface area contributed by atoms with Gasteiger partial charge >= 0.3 is 0 Å². The first kappa shape index (κ1) is 19.6. The van der Waals surface area contributed by atoms with E-state index in [9.17, 15) is 4.79 Å². The van der Waals surface area contributed by atoms with Crippen molar-refractivity contribution in [2.24, 2.45) is 0 Å². The number of fused-ring (bicyclic) bond motifs is 1. The van der Waals surface area contributed by atoms with Crippen molar-refractivity contribution in [3.8, 4) is 23.0 Å². The lowest BCUT2D eigenvalue weighted by atomic mass is 9.90. The maximum Gasteiger partial charge on any atom is 0.258 e. The van der Waals surface area contributed by atoms with Crippen molar-refractivity contribution >= 4 is 11.6 Å². The zero-order valence-electron chi connectivity index (χ0n) is 17.8. The number of hydrogen-bond donors (Lipinski definition) is 0. The van der Waals surface area contributed by atoms with E-state index >= 15 is 0 Å². The molecule has 1 atom stereocenters. The van der Waals surface area contributed by atoms with Gasteiger partial charge in [0.1, 0.15) is 0 Å². The number of amides is 1. The summed E-state index contributed by atoms with van der Waals surface area (Å²) in [7, 11) is 3.18. The fourth-order valence-electron chi connectivity index (χ4n) is 4.61. The molecule has 7 heteroatoms. The molecule has 1 unspecified atom stereocenters. The topological polar surface area (TPSA) is 77.7 Å². The van der Waals surface area contributed by atoms with Crippen LogP contribution in [0.1, 0.15) is 42.1 Å². The van der Waals surface area contributed by atoms with Crippen molar-refractivity contribution in [2.45, 2.75) is 38.0 Å². The second-order valence-electron chi connectivity index (χ2n) is 8.05. The standard InChI is InChI=1S/C24H25N3O4/c1-29-20-11-10-16(12-21(20)30-2)24-25-23(26-31-24)17-13-22(28)27(14-17)19-9-5-7-15-6-3-4-8-18(15)19/h5,7,9-12,17H,3-4,6,8,13-14H2,1-2H3. The van der Waals surface area contributed by atoms with E-state index in [1.54, 1.807) is 26.4 Å². The van der Waals surface area contributed by atoms with Gasteiger partial charge in [-0.3, -0.25) is 4.79 Å². The normalized spacial score (nSPS) is 18.2. The number of aryl methyl sites for hydroxylation is 1. The van der Waals surface area contributed by atoms with Gasteiger partial charge in [-0.1, -0.05) is 17.3 Å². The Labute approximate surface area is 181 Å². The van der Waals surface area contributed by atoms with Gasteiger partial charge in [0.15, 0.2) is 17.3 Å². The molecule has 1 saturated heterocycles. The Balaban J connectivity index is 1.39. The lowest BCUT2D eigenvalue weighted by Crippen LogP contribution is -2.26. The molecule has 0 spiro atoms. The van der Waals surface area contributed by atoms with Crippen molar-refractivity contribution in [1.82, 2.24) is 10.1 Å². The van der Waals surface area contributed by atoms with Crippen molar-refractivity contribution in [3.05, 3.63) is 53.3 Å². The van der Waals surface area contributed by atoms with E-state index < -0.39 is 0 Å². The average Bonchev–Trinajstić information content (AvgIpc) is 3.45. The van der Waals surface area contributed by atoms with Crippen molar-refractivity contribution in [3.63, 3.8) is 0 Å². The van der Waals surface area contributed by atoms with Crippen LogP contribution in [0.5, 0.6) is 11.5 Å². The van der Waals surface area contributed by atoms with Gasteiger partial charge < -0.3 is 18.9 Å². The molecule has 1 aliphatic heterocycles. The first-order valence-corrected chi connectivity index (χ1v) is 10.6. The highest BCUT2D eigenvalue weighted by molar-refractivity contribution is 5.97. The number of carbonyl (C=O) groups is 1. The van der Waals surface area contributed by atoms with Gasteiger partial charge in [-0.25, -0.2) is 0 Å². The van der Waals surface area contributed by atoms with Gasteiger partial charge in [-0.05, 0) is 61.1 Å². The molecule has 1 aliphatic carbocycles. The molecule has 160 valence electrons. The summed E-state index contributed by atoms with van der Waals surface area (Å²) in [5.74, 6) is 2.21. The van der Waals surface area contributed by atoms with Crippen LogP contribution in [0.3, 0.4) is 0 Å². The Kier molecular flexibility index (Phi) is 5.10. The summed E-state index contributed by atoms with van der Waals surface area (Å²) in [6, 6.07) is 11.8. The monoisotopic (exact) mass is 419 g/mol. The number of methoxy groups -OCH3 is 2. The van der Waals surface area contributed by atoms with Gasteiger partial charge in [0.2, 0.25) is 5.91 Å². The number of aromatic nitrogens is 2. The van der Waals surface area contributed by atoms with Crippen LogP contribution in [0.25, 0.3) is 11.5 Å². The Morgan fingerprint density at radius 3 is 2.74 bits per heavy atom. The lowest BCUT2D eigenvalue weighted by molar-refractivity contribution is -0.117. The Bertz CT molecular complexity index is 1120. The van der Waals surface area contributed by atoms with E-state index in [1.165, 1.54) is 24.0 Å². The molecule has 0 bridgehead atoms. The molecule has 0 N–H and O–H groups in total. The summed E-state index contributed by atoms with van der Waals surface area (Å²) in [6.07, 6.45) is 4.90. The van der Waals surface area contributed by atoms with Crippen molar-refractivity contribution in [1.29, 1.82) is 0 Å². The molecular weight excluding hydrogens is 394 g/mol. The van der Waals surface area contributed by atoms with Crippen LogP contribution in [0.4, 0.5) is 5.69 Å². The number of anilines is 1. The maximum absolute atomic E-state index is 12.9.